The highest BCUT2D eigenvalue weighted by Crippen LogP contribution is 2.20. The van der Waals surface area contributed by atoms with E-state index in [4.69, 9.17) is 0 Å². The van der Waals surface area contributed by atoms with Gasteiger partial charge in [-0.05, 0) is 53.0 Å². The van der Waals surface area contributed by atoms with Gasteiger partial charge in [0.2, 0.25) is 0 Å². The summed E-state index contributed by atoms with van der Waals surface area (Å²) in [5.41, 5.74) is 4.18. The molecule has 1 aromatic heterocycles. The summed E-state index contributed by atoms with van der Waals surface area (Å²) in [7, 11) is 0. The second-order valence-corrected chi connectivity index (χ2v) is 8.54. The summed E-state index contributed by atoms with van der Waals surface area (Å²) in [6.45, 7) is 9.53. The number of piperazine rings is 1. The van der Waals surface area contributed by atoms with E-state index in [1.54, 1.807) is 11.3 Å². The van der Waals surface area contributed by atoms with Gasteiger partial charge in [-0.3, -0.25) is 9.91 Å². The van der Waals surface area contributed by atoms with E-state index in [9.17, 15) is 0 Å². The van der Waals surface area contributed by atoms with Gasteiger partial charge < -0.3 is 0 Å². The van der Waals surface area contributed by atoms with Crippen LogP contribution in [0.5, 0.6) is 0 Å². The summed E-state index contributed by atoms with van der Waals surface area (Å²) in [5, 5.41) is 6.78. The van der Waals surface area contributed by atoms with E-state index in [-0.39, 0.29) is 0 Å². The second-order valence-electron chi connectivity index (χ2n) is 6.05. The minimum Gasteiger partial charge on any atom is -0.295 e. The number of thiophene rings is 1. The Balaban J connectivity index is 1.51. The van der Waals surface area contributed by atoms with E-state index in [2.05, 4.69) is 75.1 Å². The fourth-order valence-electron chi connectivity index (χ4n) is 2.81. The monoisotopic (exact) mass is 391 g/mol. The average Bonchev–Trinajstić information content (AvgIpc) is 2.95. The molecule has 1 fully saturated rings. The first-order valence-corrected chi connectivity index (χ1v) is 9.54. The predicted octanol–water partition coefficient (Wildman–Crippen LogP) is 4.28. The van der Waals surface area contributed by atoms with Gasteiger partial charge in [0.25, 0.3) is 0 Å². The number of halogens is 1. The Bertz CT molecular complexity index is 687. The van der Waals surface area contributed by atoms with E-state index in [1.807, 2.05) is 6.21 Å². The number of rotatable bonds is 4. The van der Waals surface area contributed by atoms with Gasteiger partial charge in [-0.2, -0.15) is 5.10 Å². The molecule has 3 rings (SSSR count). The van der Waals surface area contributed by atoms with Crippen molar-refractivity contribution in [2.45, 2.75) is 20.4 Å². The summed E-state index contributed by atoms with van der Waals surface area (Å²) < 4.78 is 1.15. The molecule has 3 nitrogen and oxygen atoms in total. The SMILES string of the molecule is Cc1ccc(CN2CCN(/N=C/c3ccc(Br)s3)CC2)c(C)c1. The lowest BCUT2D eigenvalue weighted by molar-refractivity contribution is 0.131. The maximum absolute atomic E-state index is 4.61. The third-order valence-corrected chi connectivity index (χ3v) is 5.74. The number of benzene rings is 1. The Hall–Kier alpha value is -1.17. The Morgan fingerprint density at radius 2 is 1.91 bits per heavy atom. The van der Waals surface area contributed by atoms with Gasteiger partial charge in [0, 0.05) is 37.6 Å². The van der Waals surface area contributed by atoms with E-state index in [0.29, 0.717) is 0 Å². The third-order valence-electron chi connectivity index (χ3n) is 4.18. The molecular weight excluding hydrogens is 370 g/mol. The zero-order chi connectivity index (χ0) is 16.2. The van der Waals surface area contributed by atoms with E-state index >= 15 is 0 Å². The highest BCUT2D eigenvalue weighted by atomic mass is 79.9. The molecule has 2 aromatic rings. The van der Waals surface area contributed by atoms with Crippen LogP contribution in [-0.2, 0) is 6.54 Å². The van der Waals surface area contributed by atoms with Crippen molar-refractivity contribution in [3.63, 3.8) is 0 Å². The minimum absolute atomic E-state index is 0.994. The molecule has 0 atom stereocenters. The topological polar surface area (TPSA) is 18.8 Å². The summed E-state index contributed by atoms with van der Waals surface area (Å²) in [4.78, 5) is 3.71. The lowest BCUT2D eigenvalue weighted by Crippen LogP contribution is -2.43. The number of nitrogens with zero attached hydrogens (tertiary/aromatic N) is 3. The zero-order valence-electron chi connectivity index (χ0n) is 13.6. The van der Waals surface area contributed by atoms with Crippen molar-refractivity contribution in [1.29, 1.82) is 0 Å². The summed E-state index contributed by atoms with van der Waals surface area (Å²) in [6.07, 6.45) is 1.97. The molecule has 0 aliphatic carbocycles. The summed E-state index contributed by atoms with van der Waals surface area (Å²) in [6, 6.07) is 10.9. The molecule has 23 heavy (non-hydrogen) atoms. The van der Waals surface area contributed by atoms with Gasteiger partial charge >= 0.3 is 0 Å². The van der Waals surface area contributed by atoms with Crippen LogP contribution in [-0.4, -0.2) is 42.3 Å². The largest absolute Gasteiger partial charge is 0.295 e. The van der Waals surface area contributed by atoms with Crippen molar-refractivity contribution in [2.24, 2.45) is 5.10 Å². The van der Waals surface area contributed by atoms with Crippen molar-refractivity contribution >= 4 is 33.5 Å². The van der Waals surface area contributed by atoms with Crippen LogP contribution in [0.1, 0.15) is 21.6 Å². The quantitative estimate of drug-likeness (QED) is 0.724. The Kier molecular flexibility index (Phi) is 5.51. The molecule has 5 heteroatoms. The van der Waals surface area contributed by atoms with Crippen molar-refractivity contribution < 1.29 is 0 Å². The molecule has 0 amide bonds. The average molecular weight is 392 g/mol. The summed E-state index contributed by atoms with van der Waals surface area (Å²) >= 11 is 5.20. The van der Waals surface area contributed by atoms with Crippen LogP contribution in [0.3, 0.4) is 0 Å². The molecule has 0 spiro atoms. The summed E-state index contributed by atoms with van der Waals surface area (Å²) in [5.74, 6) is 0. The van der Waals surface area contributed by atoms with Gasteiger partial charge in [-0.1, -0.05) is 23.8 Å². The number of aryl methyl sites for hydroxylation is 2. The number of hydrogen-bond acceptors (Lipinski definition) is 4. The highest BCUT2D eigenvalue weighted by molar-refractivity contribution is 9.11. The first kappa shape index (κ1) is 16.7. The molecule has 1 aromatic carbocycles. The maximum atomic E-state index is 4.61. The van der Waals surface area contributed by atoms with Gasteiger partial charge in [-0.25, -0.2) is 0 Å². The minimum atomic E-state index is 0.994. The van der Waals surface area contributed by atoms with Crippen LogP contribution in [0, 0.1) is 13.8 Å². The molecule has 0 unspecified atom stereocenters. The number of hydrazone groups is 1. The molecule has 122 valence electrons. The lowest BCUT2D eigenvalue weighted by atomic mass is 10.1. The highest BCUT2D eigenvalue weighted by Gasteiger charge is 2.16. The molecule has 1 aliphatic heterocycles. The maximum Gasteiger partial charge on any atom is 0.0705 e. The van der Waals surface area contributed by atoms with E-state index in [1.165, 1.54) is 21.6 Å². The van der Waals surface area contributed by atoms with Crippen LogP contribution in [0.4, 0.5) is 0 Å². The Morgan fingerprint density at radius 3 is 2.57 bits per heavy atom. The molecule has 1 aliphatic rings. The van der Waals surface area contributed by atoms with Gasteiger partial charge in [0.1, 0.15) is 0 Å². The van der Waals surface area contributed by atoms with Crippen molar-refractivity contribution in [1.82, 2.24) is 9.91 Å². The standard InChI is InChI=1S/C18H22BrN3S/c1-14-3-4-16(15(2)11-14)13-21-7-9-22(10-8-21)20-12-17-5-6-18(19)23-17/h3-6,11-12H,7-10,13H2,1-2H3/b20-12+. The van der Waals surface area contributed by atoms with Crippen LogP contribution in [0.2, 0.25) is 0 Å². The van der Waals surface area contributed by atoms with Crippen LogP contribution in [0.25, 0.3) is 0 Å². The molecule has 0 saturated carbocycles. The van der Waals surface area contributed by atoms with Gasteiger partial charge in [-0.15, -0.1) is 11.3 Å². The first-order valence-electron chi connectivity index (χ1n) is 7.93. The van der Waals surface area contributed by atoms with Crippen molar-refractivity contribution in [2.75, 3.05) is 26.2 Å². The molecular formula is C18H22BrN3S. The molecule has 2 heterocycles. The third kappa shape index (κ3) is 4.66. The zero-order valence-corrected chi connectivity index (χ0v) is 16.0. The van der Waals surface area contributed by atoms with Crippen molar-refractivity contribution in [3.8, 4) is 0 Å². The van der Waals surface area contributed by atoms with Gasteiger partial charge in [0.15, 0.2) is 0 Å². The lowest BCUT2D eigenvalue weighted by Gasteiger charge is -2.33. The molecule has 0 N–H and O–H groups in total. The van der Waals surface area contributed by atoms with Gasteiger partial charge in [0.05, 0.1) is 10.0 Å². The molecule has 0 radical (unpaired) electrons. The number of hydrogen-bond donors (Lipinski definition) is 0. The first-order chi connectivity index (χ1) is 11.1. The van der Waals surface area contributed by atoms with E-state index < -0.39 is 0 Å². The predicted molar refractivity (Wildman–Crippen MR) is 102 cm³/mol. The molecule has 0 bridgehead atoms. The fraction of sp³-hybridized carbons (Fsp3) is 0.389. The Morgan fingerprint density at radius 1 is 1.13 bits per heavy atom. The Labute approximate surface area is 150 Å². The van der Waals surface area contributed by atoms with Crippen LogP contribution in [0.15, 0.2) is 39.2 Å². The second kappa shape index (κ2) is 7.60. The normalized spacial score (nSPS) is 16.4. The molecule has 1 saturated heterocycles. The van der Waals surface area contributed by atoms with Crippen LogP contribution < -0.4 is 0 Å². The van der Waals surface area contributed by atoms with Crippen LogP contribution >= 0.6 is 27.3 Å². The van der Waals surface area contributed by atoms with Crippen molar-refractivity contribution in [3.05, 3.63) is 55.7 Å². The van der Waals surface area contributed by atoms with E-state index in [0.717, 1.165) is 36.5 Å². The smallest absolute Gasteiger partial charge is 0.0705 e. The fourth-order valence-corrected chi connectivity index (χ4v) is 4.10.